The molecule has 0 unspecified atom stereocenters. The van der Waals surface area contributed by atoms with Gasteiger partial charge in [-0.25, -0.2) is 4.79 Å². The second-order valence-corrected chi connectivity index (χ2v) is 8.44. The van der Waals surface area contributed by atoms with Gasteiger partial charge in [-0.05, 0) is 37.0 Å². The maximum Gasteiger partial charge on any atom is 0.325 e. The lowest BCUT2D eigenvalue weighted by Crippen LogP contribution is -2.51. The third-order valence-electron chi connectivity index (χ3n) is 6.38. The summed E-state index contributed by atoms with van der Waals surface area (Å²) >= 11 is 0. The van der Waals surface area contributed by atoms with Crippen molar-refractivity contribution >= 4 is 23.7 Å². The van der Waals surface area contributed by atoms with E-state index < -0.39 is 17.5 Å². The molecule has 1 aromatic rings. The number of aryl methyl sites for hydroxylation is 1. The lowest BCUT2D eigenvalue weighted by atomic mass is 9.65. The molecule has 0 atom stereocenters. The summed E-state index contributed by atoms with van der Waals surface area (Å²) in [6.45, 7) is 6.42. The van der Waals surface area contributed by atoms with Gasteiger partial charge in [0.15, 0.2) is 5.82 Å². The van der Waals surface area contributed by atoms with E-state index in [9.17, 15) is 14.4 Å². The van der Waals surface area contributed by atoms with E-state index in [2.05, 4.69) is 36.5 Å². The topological polar surface area (TPSA) is 96.3 Å². The summed E-state index contributed by atoms with van der Waals surface area (Å²) in [5.41, 5.74) is -0.613. The zero-order valence-corrected chi connectivity index (χ0v) is 16.5. The predicted octanol–water partition coefficient (Wildman–Crippen LogP) is 2.28. The fourth-order valence-electron chi connectivity index (χ4n) is 4.15. The molecule has 2 fully saturated rings. The summed E-state index contributed by atoms with van der Waals surface area (Å²) in [5.74, 6) is 0.220. The molecule has 27 heavy (non-hydrogen) atoms. The summed E-state index contributed by atoms with van der Waals surface area (Å²) in [6, 6.07) is 1.17. The quantitative estimate of drug-likeness (QED) is 0.772. The number of imide groups is 1. The molecule has 3 rings (SSSR count). The van der Waals surface area contributed by atoms with E-state index in [1.165, 1.54) is 0 Å². The molecule has 2 N–H and O–H groups in total. The highest BCUT2D eigenvalue weighted by atomic mass is 16.2. The molecule has 1 aliphatic carbocycles. The van der Waals surface area contributed by atoms with Crippen LogP contribution in [0.3, 0.4) is 0 Å². The Bertz CT molecular complexity index is 746. The summed E-state index contributed by atoms with van der Waals surface area (Å²) in [4.78, 5) is 38.6. The van der Waals surface area contributed by atoms with Crippen LogP contribution < -0.4 is 10.6 Å². The van der Waals surface area contributed by atoms with Gasteiger partial charge in [0.1, 0.15) is 12.1 Å². The normalized spacial score (nSPS) is 25.8. The van der Waals surface area contributed by atoms with Gasteiger partial charge in [0.2, 0.25) is 5.91 Å². The van der Waals surface area contributed by atoms with Crippen LogP contribution in [0, 0.1) is 11.3 Å². The molecular weight excluding hydrogens is 346 g/mol. The number of anilines is 1. The van der Waals surface area contributed by atoms with Crippen molar-refractivity contribution in [1.29, 1.82) is 0 Å². The van der Waals surface area contributed by atoms with Crippen molar-refractivity contribution in [3.05, 3.63) is 12.3 Å². The van der Waals surface area contributed by atoms with Crippen LogP contribution in [0.25, 0.3) is 0 Å². The maximum absolute atomic E-state index is 13.0. The van der Waals surface area contributed by atoms with Gasteiger partial charge in [-0.3, -0.25) is 19.2 Å². The smallest absolute Gasteiger partial charge is 0.323 e. The number of rotatable bonds is 5. The highest BCUT2D eigenvalue weighted by molar-refractivity contribution is 6.10. The molecule has 1 saturated carbocycles. The molecule has 1 aromatic heterocycles. The van der Waals surface area contributed by atoms with Crippen molar-refractivity contribution < 1.29 is 14.4 Å². The molecule has 1 aliphatic heterocycles. The van der Waals surface area contributed by atoms with Gasteiger partial charge in [0, 0.05) is 19.3 Å². The minimum atomic E-state index is -0.845. The molecule has 8 nitrogen and oxygen atoms in total. The van der Waals surface area contributed by atoms with Crippen LogP contribution in [0.2, 0.25) is 0 Å². The summed E-state index contributed by atoms with van der Waals surface area (Å²) in [6.07, 6.45) is 5.86. The minimum Gasteiger partial charge on any atom is -0.323 e. The van der Waals surface area contributed by atoms with Crippen molar-refractivity contribution in [2.45, 2.75) is 58.4 Å². The van der Waals surface area contributed by atoms with Gasteiger partial charge in [0.25, 0.3) is 5.91 Å². The highest BCUT2D eigenvalue weighted by Crippen LogP contribution is 2.45. The van der Waals surface area contributed by atoms with Gasteiger partial charge >= 0.3 is 6.03 Å². The monoisotopic (exact) mass is 375 g/mol. The SMILES string of the molecule is CCC(C)(C)C1CCC2(CC1)NC(=O)N(CC(=O)Nc1ccn(C)n1)C2=O. The first-order valence-corrected chi connectivity index (χ1v) is 9.60. The van der Waals surface area contributed by atoms with E-state index >= 15 is 0 Å². The Balaban J connectivity index is 1.62. The zero-order valence-electron chi connectivity index (χ0n) is 16.5. The van der Waals surface area contributed by atoms with Crippen molar-refractivity contribution in [3.63, 3.8) is 0 Å². The standard InChI is InChI=1S/C19H29N5O3/c1-5-18(2,3)13-6-9-19(10-7-13)16(26)24(17(27)21-19)12-15(25)20-14-8-11-23(4)22-14/h8,11,13H,5-7,9-10,12H2,1-4H3,(H,21,27)(H,20,22,25). The first-order chi connectivity index (χ1) is 12.7. The van der Waals surface area contributed by atoms with Crippen LogP contribution in [-0.2, 0) is 16.6 Å². The molecule has 4 amide bonds. The Morgan fingerprint density at radius 1 is 1.37 bits per heavy atom. The Kier molecular flexibility index (Phi) is 5.01. The molecule has 8 heteroatoms. The third kappa shape index (κ3) is 3.70. The average Bonchev–Trinajstić information content (AvgIpc) is 3.12. The highest BCUT2D eigenvalue weighted by Gasteiger charge is 2.53. The molecule has 0 bridgehead atoms. The van der Waals surface area contributed by atoms with Gasteiger partial charge in [-0.1, -0.05) is 27.2 Å². The number of hydrogen-bond donors (Lipinski definition) is 2. The maximum atomic E-state index is 13.0. The fourth-order valence-corrected chi connectivity index (χ4v) is 4.15. The number of nitrogens with one attached hydrogen (secondary N) is 2. The zero-order chi connectivity index (χ0) is 19.8. The van der Waals surface area contributed by atoms with E-state index in [0.717, 1.165) is 24.2 Å². The Morgan fingerprint density at radius 2 is 2.04 bits per heavy atom. The second kappa shape index (κ2) is 6.98. The molecule has 1 spiro atoms. The first-order valence-electron chi connectivity index (χ1n) is 9.60. The van der Waals surface area contributed by atoms with Crippen LogP contribution in [0.15, 0.2) is 12.3 Å². The molecular formula is C19H29N5O3. The van der Waals surface area contributed by atoms with E-state index in [-0.39, 0.29) is 17.9 Å². The average molecular weight is 375 g/mol. The number of amides is 4. The first kappa shape index (κ1) is 19.4. The number of nitrogens with zero attached hydrogens (tertiary/aromatic N) is 3. The third-order valence-corrected chi connectivity index (χ3v) is 6.38. The Hall–Kier alpha value is -2.38. The lowest BCUT2D eigenvalue weighted by Gasteiger charge is -2.42. The lowest BCUT2D eigenvalue weighted by molar-refractivity contribution is -0.135. The van der Waals surface area contributed by atoms with Crippen LogP contribution in [-0.4, -0.2) is 44.6 Å². The summed E-state index contributed by atoms with van der Waals surface area (Å²) in [7, 11) is 1.74. The van der Waals surface area contributed by atoms with Crippen LogP contribution in [0.1, 0.15) is 52.9 Å². The van der Waals surface area contributed by atoms with Gasteiger partial charge in [0.05, 0.1) is 0 Å². The molecule has 0 radical (unpaired) electrons. The van der Waals surface area contributed by atoms with Gasteiger partial charge in [-0.15, -0.1) is 0 Å². The second-order valence-electron chi connectivity index (χ2n) is 8.44. The molecule has 2 heterocycles. The van der Waals surface area contributed by atoms with Crippen LogP contribution >= 0.6 is 0 Å². The van der Waals surface area contributed by atoms with E-state index in [0.29, 0.717) is 24.6 Å². The van der Waals surface area contributed by atoms with Gasteiger partial charge < -0.3 is 10.6 Å². The summed E-state index contributed by atoms with van der Waals surface area (Å²) < 4.78 is 1.56. The number of hydrogen-bond acceptors (Lipinski definition) is 4. The van der Waals surface area contributed by atoms with Crippen LogP contribution in [0.5, 0.6) is 0 Å². The van der Waals surface area contributed by atoms with E-state index in [1.807, 2.05) is 0 Å². The van der Waals surface area contributed by atoms with E-state index in [4.69, 9.17) is 0 Å². The van der Waals surface area contributed by atoms with Crippen molar-refractivity contribution in [2.75, 3.05) is 11.9 Å². The van der Waals surface area contributed by atoms with Gasteiger partial charge in [-0.2, -0.15) is 5.10 Å². The van der Waals surface area contributed by atoms with Crippen molar-refractivity contribution in [1.82, 2.24) is 20.0 Å². The minimum absolute atomic E-state index is 0.232. The largest absolute Gasteiger partial charge is 0.325 e. The Morgan fingerprint density at radius 3 is 2.59 bits per heavy atom. The predicted molar refractivity (Wildman–Crippen MR) is 101 cm³/mol. The molecule has 0 aromatic carbocycles. The fraction of sp³-hybridized carbons (Fsp3) is 0.684. The van der Waals surface area contributed by atoms with E-state index in [1.54, 1.807) is 24.0 Å². The molecule has 2 aliphatic rings. The molecule has 1 saturated heterocycles. The summed E-state index contributed by atoms with van der Waals surface area (Å²) in [5, 5.41) is 9.55. The Labute approximate surface area is 159 Å². The number of carbonyl (C=O) groups is 3. The number of carbonyl (C=O) groups excluding carboxylic acids is 3. The van der Waals surface area contributed by atoms with Crippen molar-refractivity contribution in [2.24, 2.45) is 18.4 Å². The number of urea groups is 1. The molecule has 148 valence electrons. The van der Waals surface area contributed by atoms with Crippen molar-refractivity contribution in [3.8, 4) is 0 Å². The van der Waals surface area contributed by atoms with Crippen LogP contribution in [0.4, 0.5) is 10.6 Å². The number of aromatic nitrogens is 2.